The van der Waals surface area contributed by atoms with Crippen molar-refractivity contribution in [2.45, 2.75) is 26.0 Å². The number of hydrogen-bond acceptors (Lipinski definition) is 5. The van der Waals surface area contributed by atoms with Crippen LogP contribution in [-0.4, -0.2) is 55.6 Å². The zero-order valence-corrected chi connectivity index (χ0v) is 13.4. The average molecular weight is 290 g/mol. The first-order valence-corrected chi connectivity index (χ1v) is 7.45. The molecule has 2 N–H and O–H groups in total. The summed E-state index contributed by atoms with van der Waals surface area (Å²) < 4.78 is 5.69. The topological polar surface area (TPSA) is 54.1 Å². The summed E-state index contributed by atoms with van der Waals surface area (Å²) in [7, 11) is 4.13. The van der Waals surface area contributed by atoms with Gasteiger partial charge in [-0.2, -0.15) is 0 Å². The van der Waals surface area contributed by atoms with Crippen molar-refractivity contribution in [3.8, 4) is 5.75 Å². The molecule has 21 heavy (non-hydrogen) atoms. The van der Waals surface area contributed by atoms with E-state index in [9.17, 15) is 0 Å². The van der Waals surface area contributed by atoms with Gasteiger partial charge in [0.25, 0.3) is 0 Å². The lowest BCUT2D eigenvalue weighted by Gasteiger charge is -2.28. The molecule has 1 heterocycles. The standard InChI is InChI=1S/C16H26N4O/c1-12(2)21-14-7-5-13(6-8-14)15-11-18-16(17)20(15)10-9-19(3)4/h5-8,12,15H,9-11H2,1-4H3,(H2,17,18). The minimum absolute atomic E-state index is 0.192. The number of likely N-dealkylation sites (N-methyl/N-ethyl adjacent to an activating group) is 1. The van der Waals surface area contributed by atoms with Gasteiger partial charge in [-0.1, -0.05) is 12.1 Å². The molecule has 1 aromatic carbocycles. The molecule has 0 radical (unpaired) electrons. The number of benzene rings is 1. The van der Waals surface area contributed by atoms with Crippen LogP contribution in [0.3, 0.4) is 0 Å². The van der Waals surface area contributed by atoms with Crippen LogP contribution in [0.5, 0.6) is 5.75 Å². The van der Waals surface area contributed by atoms with E-state index in [1.54, 1.807) is 0 Å². The van der Waals surface area contributed by atoms with Gasteiger partial charge in [0.05, 0.1) is 18.7 Å². The first-order chi connectivity index (χ1) is 9.97. The molecule has 1 aliphatic heterocycles. The Kier molecular flexibility index (Phi) is 5.07. The van der Waals surface area contributed by atoms with Gasteiger partial charge in [0.2, 0.25) is 0 Å². The van der Waals surface area contributed by atoms with E-state index in [-0.39, 0.29) is 12.1 Å². The number of nitrogens with zero attached hydrogens (tertiary/aromatic N) is 3. The minimum Gasteiger partial charge on any atom is -0.491 e. The second-order valence-corrected chi connectivity index (χ2v) is 5.95. The zero-order valence-electron chi connectivity index (χ0n) is 13.4. The lowest BCUT2D eigenvalue weighted by atomic mass is 10.1. The first kappa shape index (κ1) is 15.6. The monoisotopic (exact) mass is 290 g/mol. The Bertz CT molecular complexity index is 482. The van der Waals surface area contributed by atoms with Gasteiger partial charge in [-0.05, 0) is 45.6 Å². The lowest BCUT2D eigenvalue weighted by molar-refractivity contribution is 0.242. The number of rotatable bonds is 6. The third-order valence-electron chi connectivity index (χ3n) is 3.52. The van der Waals surface area contributed by atoms with Gasteiger partial charge in [-0.15, -0.1) is 0 Å². The van der Waals surface area contributed by atoms with Gasteiger partial charge >= 0.3 is 0 Å². The molecule has 0 aromatic heterocycles. The minimum atomic E-state index is 0.192. The van der Waals surface area contributed by atoms with Gasteiger partial charge in [-0.25, -0.2) is 0 Å². The van der Waals surface area contributed by atoms with Crippen LogP contribution in [-0.2, 0) is 0 Å². The largest absolute Gasteiger partial charge is 0.491 e. The van der Waals surface area contributed by atoms with Gasteiger partial charge < -0.3 is 20.3 Å². The maximum Gasteiger partial charge on any atom is 0.191 e. The predicted molar refractivity (Wildman–Crippen MR) is 86.7 cm³/mol. The molecule has 5 nitrogen and oxygen atoms in total. The summed E-state index contributed by atoms with van der Waals surface area (Å²) in [6.07, 6.45) is 0.192. The van der Waals surface area contributed by atoms with Crippen LogP contribution in [0, 0.1) is 0 Å². The Morgan fingerprint density at radius 2 is 2.00 bits per heavy atom. The summed E-state index contributed by atoms with van der Waals surface area (Å²) in [5, 5.41) is 0. The molecule has 0 saturated heterocycles. The lowest BCUT2D eigenvalue weighted by Crippen LogP contribution is -2.40. The summed E-state index contributed by atoms with van der Waals surface area (Å²) >= 11 is 0. The van der Waals surface area contributed by atoms with Gasteiger partial charge in [-0.3, -0.25) is 4.99 Å². The van der Waals surface area contributed by atoms with Gasteiger partial charge in [0, 0.05) is 13.1 Å². The number of guanidine groups is 1. The molecule has 0 bridgehead atoms. The average Bonchev–Trinajstić information content (AvgIpc) is 2.78. The van der Waals surface area contributed by atoms with Crippen LogP contribution in [0.4, 0.5) is 0 Å². The van der Waals surface area contributed by atoms with Crippen LogP contribution in [0.2, 0.25) is 0 Å². The van der Waals surface area contributed by atoms with Crippen molar-refractivity contribution < 1.29 is 4.74 Å². The fourth-order valence-electron chi connectivity index (χ4n) is 2.43. The Labute approximate surface area is 127 Å². The van der Waals surface area contributed by atoms with Crippen molar-refractivity contribution in [2.75, 3.05) is 33.7 Å². The van der Waals surface area contributed by atoms with E-state index in [1.165, 1.54) is 5.56 Å². The summed E-state index contributed by atoms with van der Waals surface area (Å²) in [5.74, 6) is 1.55. The molecule has 1 aromatic rings. The molecule has 5 heteroatoms. The Balaban J connectivity index is 2.06. The van der Waals surface area contributed by atoms with Crippen molar-refractivity contribution >= 4 is 5.96 Å². The zero-order chi connectivity index (χ0) is 15.4. The van der Waals surface area contributed by atoms with Crippen LogP contribution < -0.4 is 10.5 Å². The highest BCUT2D eigenvalue weighted by Crippen LogP contribution is 2.27. The second-order valence-electron chi connectivity index (χ2n) is 5.95. The van der Waals surface area contributed by atoms with Crippen LogP contribution in [0.15, 0.2) is 29.3 Å². The molecular formula is C16H26N4O. The van der Waals surface area contributed by atoms with E-state index in [4.69, 9.17) is 10.5 Å². The number of ether oxygens (including phenoxy) is 1. The van der Waals surface area contributed by atoms with E-state index < -0.39 is 0 Å². The molecule has 0 aliphatic carbocycles. The molecule has 0 amide bonds. The maximum atomic E-state index is 6.02. The maximum absolute atomic E-state index is 6.02. The summed E-state index contributed by atoms with van der Waals surface area (Å²) in [6, 6.07) is 8.50. The molecule has 0 fully saturated rings. The fraction of sp³-hybridized carbons (Fsp3) is 0.562. The summed E-state index contributed by atoms with van der Waals surface area (Å²) in [5.41, 5.74) is 7.25. The fourth-order valence-corrected chi connectivity index (χ4v) is 2.43. The van der Waals surface area contributed by atoms with Crippen molar-refractivity contribution in [1.29, 1.82) is 0 Å². The number of aliphatic imine (C=N–C) groups is 1. The number of hydrogen-bond donors (Lipinski definition) is 1. The predicted octanol–water partition coefficient (Wildman–Crippen LogP) is 1.71. The molecule has 1 aliphatic rings. The Hall–Kier alpha value is -1.75. The highest BCUT2D eigenvalue weighted by Gasteiger charge is 2.27. The van der Waals surface area contributed by atoms with Gasteiger partial charge in [0.1, 0.15) is 5.75 Å². The first-order valence-electron chi connectivity index (χ1n) is 7.45. The van der Waals surface area contributed by atoms with Crippen molar-refractivity contribution in [2.24, 2.45) is 10.7 Å². The van der Waals surface area contributed by atoms with E-state index in [2.05, 4.69) is 41.0 Å². The van der Waals surface area contributed by atoms with E-state index >= 15 is 0 Å². The summed E-state index contributed by atoms with van der Waals surface area (Å²) in [6.45, 7) is 6.63. The number of nitrogens with two attached hydrogens (primary N) is 1. The quantitative estimate of drug-likeness (QED) is 0.866. The van der Waals surface area contributed by atoms with Crippen LogP contribution >= 0.6 is 0 Å². The molecule has 116 valence electrons. The van der Waals surface area contributed by atoms with E-state index in [0.717, 1.165) is 25.4 Å². The van der Waals surface area contributed by atoms with Crippen LogP contribution in [0.25, 0.3) is 0 Å². The normalized spacial score (nSPS) is 18.5. The molecule has 1 unspecified atom stereocenters. The van der Waals surface area contributed by atoms with Gasteiger partial charge in [0.15, 0.2) is 5.96 Å². The molecule has 1 atom stereocenters. The van der Waals surface area contributed by atoms with Crippen LogP contribution in [0.1, 0.15) is 25.5 Å². The molecule has 2 rings (SSSR count). The van der Waals surface area contributed by atoms with E-state index in [1.807, 2.05) is 26.0 Å². The van der Waals surface area contributed by atoms with E-state index in [0.29, 0.717) is 5.96 Å². The molecule has 0 spiro atoms. The Morgan fingerprint density at radius 3 is 2.57 bits per heavy atom. The highest BCUT2D eigenvalue weighted by atomic mass is 16.5. The third-order valence-corrected chi connectivity index (χ3v) is 3.52. The SMILES string of the molecule is CC(C)Oc1ccc(C2CN=C(N)N2CCN(C)C)cc1. The highest BCUT2D eigenvalue weighted by molar-refractivity contribution is 5.80. The third kappa shape index (κ3) is 4.11. The van der Waals surface area contributed by atoms with Crippen molar-refractivity contribution in [3.63, 3.8) is 0 Å². The second kappa shape index (κ2) is 6.80. The Morgan fingerprint density at radius 1 is 1.33 bits per heavy atom. The molecular weight excluding hydrogens is 264 g/mol. The summed E-state index contributed by atoms with van der Waals surface area (Å²) in [4.78, 5) is 8.73. The molecule has 0 saturated carbocycles. The van der Waals surface area contributed by atoms with Crippen molar-refractivity contribution in [1.82, 2.24) is 9.80 Å². The van der Waals surface area contributed by atoms with Crippen molar-refractivity contribution in [3.05, 3.63) is 29.8 Å². The smallest absolute Gasteiger partial charge is 0.191 e.